The number of aryl methyl sites for hydroxylation is 1. The molecular formula is C19H14F6N4O. The van der Waals surface area contributed by atoms with E-state index >= 15 is 0 Å². The van der Waals surface area contributed by atoms with Gasteiger partial charge in [-0.2, -0.15) is 31.4 Å². The van der Waals surface area contributed by atoms with Gasteiger partial charge in [0.25, 0.3) is 0 Å². The van der Waals surface area contributed by atoms with Gasteiger partial charge in [0.1, 0.15) is 5.82 Å². The van der Waals surface area contributed by atoms with Crippen molar-refractivity contribution in [2.45, 2.75) is 12.4 Å². The molecule has 0 atom stereocenters. The van der Waals surface area contributed by atoms with E-state index in [0.29, 0.717) is 17.8 Å². The van der Waals surface area contributed by atoms with E-state index in [4.69, 9.17) is 0 Å². The standard InChI is InChI=1S/C19H14F6N4O/c1-29-16(10-15(28-29)11-5-3-2-4-6-11)27-17(30)26-14-8-12(18(20,21)22)7-13(9-14)19(23,24)25/h2-10H,1H3,(H2,26,27,30). The maximum atomic E-state index is 12.9. The smallest absolute Gasteiger partial charge is 0.308 e. The van der Waals surface area contributed by atoms with Crippen LogP contribution in [0.3, 0.4) is 0 Å². The molecule has 5 nitrogen and oxygen atoms in total. The Balaban J connectivity index is 1.82. The molecule has 2 amide bonds. The fourth-order valence-electron chi connectivity index (χ4n) is 2.64. The minimum absolute atomic E-state index is 0.0175. The topological polar surface area (TPSA) is 59.0 Å². The summed E-state index contributed by atoms with van der Waals surface area (Å²) >= 11 is 0. The Kier molecular flexibility index (Phi) is 5.47. The lowest BCUT2D eigenvalue weighted by Crippen LogP contribution is -2.22. The van der Waals surface area contributed by atoms with Crippen LogP contribution in [0.5, 0.6) is 0 Å². The first kappa shape index (κ1) is 21.2. The molecule has 0 unspecified atom stereocenters. The molecule has 0 saturated carbocycles. The van der Waals surface area contributed by atoms with Gasteiger partial charge in [0.05, 0.1) is 16.8 Å². The van der Waals surface area contributed by atoms with Gasteiger partial charge in [-0.05, 0) is 18.2 Å². The van der Waals surface area contributed by atoms with Crippen molar-refractivity contribution >= 4 is 17.5 Å². The number of carbonyl (C=O) groups excluding carboxylic acids is 1. The van der Waals surface area contributed by atoms with E-state index in [0.717, 1.165) is 5.56 Å². The summed E-state index contributed by atoms with van der Waals surface area (Å²) in [5.74, 6) is 0.189. The third-order valence-corrected chi connectivity index (χ3v) is 4.04. The van der Waals surface area contributed by atoms with Gasteiger partial charge >= 0.3 is 18.4 Å². The van der Waals surface area contributed by atoms with Crippen molar-refractivity contribution in [3.05, 3.63) is 65.7 Å². The van der Waals surface area contributed by atoms with Gasteiger partial charge in [-0.25, -0.2) is 4.79 Å². The van der Waals surface area contributed by atoms with Crippen LogP contribution < -0.4 is 10.6 Å². The van der Waals surface area contributed by atoms with E-state index in [2.05, 4.69) is 10.4 Å². The number of hydrogen-bond donors (Lipinski definition) is 2. The Morgan fingerprint density at radius 2 is 1.43 bits per heavy atom. The van der Waals surface area contributed by atoms with Gasteiger partial charge in [-0.15, -0.1) is 0 Å². The van der Waals surface area contributed by atoms with Crippen molar-refractivity contribution in [3.8, 4) is 11.3 Å². The van der Waals surface area contributed by atoms with Crippen molar-refractivity contribution in [1.82, 2.24) is 9.78 Å². The molecule has 0 spiro atoms. The average molecular weight is 428 g/mol. The number of carbonyl (C=O) groups is 1. The summed E-state index contributed by atoms with van der Waals surface area (Å²) in [6.45, 7) is 0. The first-order valence-electron chi connectivity index (χ1n) is 8.40. The molecule has 158 valence electrons. The van der Waals surface area contributed by atoms with E-state index in [-0.39, 0.29) is 11.9 Å². The van der Waals surface area contributed by atoms with Gasteiger partial charge in [-0.3, -0.25) is 10.00 Å². The molecular weight excluding hydrogens is 414 g/mol. The van der Waals surface area contributed by atoms with Crippen LogP contribution in [0.4, 0.5) is 42.6 Å². The van der Waals surface area contributed by atoms with E-state index in [1.807, 2.05) is 11.4 Å². The van der Waals surface area contributed by atoms with Crippen LogP contribution in [0.2, 0.25) is 0 Å². The van der Waals surface area contributed by atoms with E-state index < -0.39 is 35.2 Å². The summed E-state index contributed by atoms with van der Waals surface area (Å²) in [6, 6.07) is 10.3. The monoisotopic (exact) mass is 428 g/mol. The number of nitrogens with zero attached hydrogens (tertiary/aromatic N) is 2. The van der Waals surface area contributed by atoms with Gasteiger partial charge in [0, 0.05) is 24.4 Å². The zero-order chi connectivity index (χ0) is 22.1. The SMILES string of the molecule is Cn1nc(-c2ccccc2)cc1NC(=O)Nc1cc(C(F)(F)F)cc(C(F)(F)F)c1. The number of urea groups is 1. The van der Waals surface area contributed by atoms with Crippen LogP contribution >= 0.6 is 0 Å². The number of hydrogen-bond acceptors (Lipinski definition) is 2. The first-order chi connectivity index (χ1) is 13.9. The molecule has 2 aromatic carbocycles. The third-order valence-electron chi connectivity index (χ3n) is 4.04. The zero-order valence-corrected chi connectivity index (χ0v) is 15.3. The number of nitrogens with one attached hydrogen (secondary N) is 2. The summed E-state index contributed by atoms with van der Waals surface area (Å²) in [7, 11) is 1.52. The normalized spacial score (nSPS) is 12.0. The van der Waals surface area contributed by atoms with Gasteiger partial charge in [-0.1, -0.05) is 30.3 Å². The highest BCUT2D eigenvalue weighted by Crippen LogP contribution is 2.37. The Labute approximate surface area is 166 Å². The Bertz CT molecular complexity index is 1020. The molecule has 0 radical (unpaired) electrons. The number of rotatable bonds is 3. The largest absolute Gasteiger partial charge is 0.416 e. The summed E-state index contributed by atoms with van der Waals surface area (Å²) in [5, 5.41) is 8.56. The van der Waals surface area contributed by atoms with Crippen molar-refractivity contribution < 1.29 is 31.1 Å². The predicted octanol–water partition coefficient (Wildman–Crippen LogP) is 5.77. The molecule has 0 aliphatic rings. The van der Waals surface area contributed by atoms with E-state index in [9.17, 15) is 31.1 Å². The number of alkyl halides is 6. The summed E-state index contributed by atoms with van der Waals surface area (Å²) in [4.78, 5) is 12.2. The Hall–Kier alpha value is -3.50. The van der Waals surface area contributed by atoms with Crippen molar-refractivity contribution in [2.24, 2.45) is 7.05 Å². The van der Waals surface area contributed by atoms with Gasteiger partial charge in [0.15, 0.2) is 0 Å². The van der Waals surface area contributed by atoms with Crippen LogP contribution in [0.1, 0.15) is 11.1 Å². The van der Waals surface area contributed by atoms with Gasteiger partial charge in [0.2, 0.25) is 0 Å². The highest BCUT2D eigenvalue weighted by molar-refractivity contribution is 5.99. The van der Waals surface area contributed by atoms with Crippen LogP contribution in [0.15, 0.2) is 54.6 Å². The van der Waals surface area contributed by atoms with Crippen molar-refractivity contribution in [3.63, 3.8) is 0 Å². The third kappa shape index (κ3) is 4.91. The minimum Gasteiger partial charge on any atom is -0.308 e. The number of benzene rings is 2. The lowest BCUT2D eigenvalue weighted by molar-refractivity contribution is -0.143. The number of anilines is 2. The second-order valence-corrected chi connectivity index (χ2v) is 6.28. The molecule has 11 heteroatoms. The predicted molar refractivity (Wildman–Crippen MR) is 97.7 cm³/mol. The molecule has 0 aliphatic heterocycles. The quantitative estimate of drug-likeness (QED) is 0.521. The zero-order valence-electron chi connectivity index (χ0n) is 15.3. The lowest BCUT2D eigenvalue weighted by Gasteiger charge is -2.15. The van der Waals surface area contributed by atoms with Crippen LogP contribution in [0.25, 0.3) is 11.3 Å². The number of aromatic nitrogens is 2. The number of amides is 2. The summed E-state index contributed by atoms with van der Waals surface area (Å²) in [5.41, 5.74) is -2.43. The van der Waals surface area contributed by atoms with E-state index in [1.54, 1.807) is 24.3 Å². The van der Waals surface area contributed by atoms with E-state index in [1.165, 1.54) is 17.8 Å². The molecule has 1 aromatic heterocycles. The fourth-order valence-corrected chi connectivity index (χ4v) is 2.64. The van der Waals surface area contributed by atoms with Crippen molar-refractivity contribution in [1.29, 1.82) is 0 Å². The van der Waals surface area contributed by atoms with Crippen LogP contribution in [-0.2, 0) is 19.4 Å². The molecule has 3 rings (SSSR count). The maximum Gasteiger partial charge on any atom is 0.416 e. The molecule has 3 aromatic rings. The Morgan fingerprint density at radius 3 is 1.97 bits per heavy atom. The molecule has 0 fully saturated rings. The molecule has 0 bridgehead atoms. The summed E-state index contributed by atoms with van der Waals surface area (Å²) in [6.07, 6.45) is -10.0. The molecule has 0 saturated heterocycles. The minimum atomic E-state index is -5.01. The molecule has 0 aliphatic carbocycles. The summed E-state index contributed by atoms with van der Waals surface area (Å²) < 4.78 is 78.9. The highest BCUT2D eigenvalue weighted by Gasteiger charge is 2.37. The first-order valence-corrected chi connectivity index (χ1v) is 8.40. The van der Waals surface area contributed by atoms with Crippen molar-refractivity contribution in [2.75, 3.05) is 10.6 Å². The second-order valence-electron chi connectivity index (χ2n) is 6.28. The lowest BCUT2D eigenvalue weighted by atomic mass is 10.1. The number of halogens is 6. The molecule has 2 N–H and O–H groups in total. The van der Waals surface area contributed by atoms with Crippen LogP contribution in [-0.4, -0.2) is 15.8 Å². The Morgan fingerprint density at radius 1 is 0.867 bits per heavy atom. The fraction of sp³-hybridized carbons (Fsp3) is 0.158. The molecule has 30 heavy (non-hydrogen) atoms. The van der Waals surface area contributed by atoms with Crippen LogP contribution in [0, 0.1) is 0 Å². The highest BCUT2D eigenvalue weighted by atomic mass is 19.4. The second kappa shape index (κ2) is 7.73. The molecule has 1 heterocycles. The van der Waals surface area contributed by atoms with Gasteiger partial charge < -0.3 is 5.32 Å². The average Bonchev–Trinajstić information content (AvgIpc) is 3.01. The maximum absolute atomic E-state index is 12.9.